The van der Waals surface area contributed by atoms with Gasteiger partial charge in [0.1, 0.15) is 11.3 Å². The molecule has 0 N–H and O–H groups in total. The van der Waals surface area contributed by atoms with Gasteiger partial charge in [0, 0.05) is 23.4 Å². The lowest BCUT2D eigenvalue weighted by Gasteiger charge is -2.18. The number of nitrogens with zero attached hydrogens (tertiary/aromatic N) is 2. The van der Waals surface area contributed by atoms with Crippen LogP contribution in [0, 0.1) is 0 Å². The number of aromatic nitrogens is 1. The Labute approximate surface area is 148 Å². The number of para-hydroxylation sites is 1. The van der Waals surface area contributed by atoms with Crippen molar-refractivity contribution >= 4 is 27.5 Å². The van der Waals surface area contributed by atoms with Gasteiger partial charge in [-0.3, -0.25) is 4.79 Å². The van der Waals surface area contributed by atoms with E-state index in [0.717, 1.165) is 10.2 Å². The molecule has 0 spiro atoms. The predicted octanol–water partition coefficient (Wildman–Crippen LogP) is 4.91. The number of hydrogen-bond donors (Lipinski definition) is 0. The van der Waals surface area contributed by atoms with E-state index >= 15 is 0 Å². The third kappa shape index (κ3) is 3.63. The first-order valence-corrected chi connectivity index (χ1v) is 8.16. The normalized spacial score (nSPS) is 10.2. The fraction of sp³-hybridized carbons (Fsp3) is 0.0526. The van der Waals surface area contributed by atoms with E-state index in [1.54, 1.807) is 30.3 Å². The lowest BCUT2D eigenvalue weighted by atomic mass is 10.2. The zero-order valence-electron chi connectivity index (χ0n) is 13.0. The van der Waals surface area contributed by atoms with Crippen molar-refractivity contribution in [2.75, 3.05) is 11.9 Å². The molecule has 1 heterocycles. The number of rotatable bonds is 4. The molecule has 0 atom stereocenters. The molecular formula is C19H15BrN2O2. The van der Waals surface area contributed by atoms with Crippen LogP contribution >= 0.6 is 15.9 Å². The lowest BCUT2D eigenvalue weighted by molar-refractivity contribution is 0.0990. The molecule has 0 aliphatic heterocycles. The van der Waals surface area contributed by atoms with E-state index in [2.05, 4.69) is 20.9 Å². The summed E-state index contributed by atoms with van der Waals surface area (Å²) in [6.07, 6.45) is 1.60. The fourth-order valence-electron chi connectivity index (χ4n) is 2.23. The van der Waals surface area contributed by atoms with Crippen LogP contribution in [0.5, 0.6) is 11.6 Å². The molecule has 0 saturated heterocycles. The van der Waals surface area contributed by atoms with Gasteiger partial charge in [-0.2, -0.15) is 0 Å². The average Bonchev–Trinajstić information content (AvgIpc) is 2.62. The van der Waals surface area contributed by atoms with Crippen molar-refractivity contribution in [3.63, 3.8) is 0 Å². The first kappa shape index (κ1) is 16.2. The first-order valence-electron chi connectivity index (χ1n) is 7.36. The quantitative estimate of drug-likeness (QED) is 0.643. The molecule has 120 valence electrons. The van der Waals surface area contributed by atoms with Crippen LogP contribution in [0.15, 0.2) is 77.4 Å². The second kappa shape index (κ2) is 7.27. The van der Waals surface area contributed by atoms with Crippen LogP contribution in [-0.2, 0) is 0 Å². The third-order valence-electron chi connectivity index (χ3n) is 3.46. The van der Waals surface area contributed by atoms with Gasteiger partial charge >= 0.3 is 0 Å². The minimum atomic E-state index is -0.181. The Kier molecular flexibility index (Phi) is 4.91. The van der Waals surface area contributed by atoms with Gasteiger partial charge in [0.05, 0.1) is 0 Å². The maximum atomic E-state index is 12.8. The smallest absolute Gasteiger partial charge is 0.263 e. The molecule has 24 heavy (non-hydrogen) atoms. The number of carbonyl (C=O) groups excluding carboxylic acids is 1. The minimum Gasteiger partial charge on any atom is -0.438 e. The van der Waals surface area contributed by atoms with E-state index < -0.39 is 0 Å². The minimum absolute atomic E-state index is 0.181. The zero-order chi connectivity index (χ0) is 16.9. The fourth-order valence-corrected chi connectivity index (χ4v) is 2.60. The van der Waals surface area contributed by atoms with Crippen LogP contribution in [-0.4, -0.2) is 17.9 Å². The first-order chi connectivity index (χ1) is 11.6. The van der Waals surface area contributed by atoms with Gasteiger partial charge < -0.3 is 9.64 Å². The molecule has 0 bridgehead atoms. The molecular weight excluding hydrogens is 368 g/mol. The van der Waals surface area contributed by atoms with Crippen molar-refractivity contribution in [1.82, 2.24) is 4.98 Å². The Morgan fingerprint density at radius 1 is 1.04 bits per heavy atom. The molecule has 0 unspecified atom stereocenters. The lowest BCUT2D eigenvalue weighted by Crippen LogP contribution is -2.26. The second-order valence-electron chi connectivity index (χ2n) is 5.12. The summed E-state index contributed by atoms with van der Waals surface area (Å²) in [5, 5.41) is 0. The maximum Gasteiger partial charge on any atom is 0.263 e. The summed E-state index contributed by atoms with van der Waals surface area (Å²) in [7, 11) is 1.73. The standard InChI is InChI=1S/C19H15BrN2O2/c1-22(15-8-3-2-4-9-15)19(23)17-11-6-12-21-18(17)24-16-10-5-7-14(20)13-16/h2-13H,1H3. The van der Waals surface area contributed by atoms with E-state index in [9.17, 15) is 4.79 Å². The molecule has 1 aromatic heterocycles. The number of carbonyl (C=O) groups is 1. The average molecular weight is 383 g/mol. The monoisotopic (exact) mass is 382 g/mol. The van der Waals surface area contributed by atoms with Crippen LogP contribution in [0.4, 0.5) is 5.69 Å². The number of halogens is 1. The summed E-state index contributed by atoms with van der Waals surface area (Å²) in [5.74, 6) is 0.710. The number of pyridine rings is 1. The molecule has 3 rings (SSSR count). The van der Waals surface area contributed by atoms with Gasteiger partial charge in [-0.1, -0.05) is 40.2 Å². The van der Waals surface area contributed by atoms with E-state index in [4.69, 9.17) is 4.74 Å². The summed E-state index contributed by atoms with van der Waals surface area (Å²) < 4.78 is 6.70. The summed E-state index contributed by atoms with van der Waals surface area (Å²) in [5.41, 5.74) is 1.21. The topological polar surface area (TPSA) is 42.4 Å². The highest BCUT2D eigenvalue weighted by Gasteiger charge is 2.19. The molecule has 0 fully saturated rings. The predicted molar refractivity (Wildman–Crippen MR) is 97.6 cm³/mol. The number of anilines is 1. The SMILES string of the molecule is CN(C(=O)c1cccnc1Oc1cccc(Br)c1)c1ccccc1. The highest BCUT2D eigenvalue weighted by atomic mass is 79.9. The number of ether oxygens (including phenoxy) is 1. The third-order valence-corrected chi connectivity index (χ3v) is 3.95. The van der Waals surface area contributed by atoms with Gasteiger partial charge in [0.2, 0.25) is 5.88 Å². The summed E-state index contributed by atoms with van der Waals surface area (Å²) in [6.45, 7) is 0. The van der Waals surface area contributed by atoms with Crippen molar-refractivity contribution in [3.8, 4) is 11.6 Å². The Morgan fingerprint density at radius 3 is 2.58 bits per heavy atom. The molecule has 4 nitrogen and oxygen atoms in total. The molecule has 5 heteroatoms. The van der Waals surface area contributed by atoms with Crippen LogP contribution in [0.2, 0.25) is 0 Å². The molecule has 2 aromatic carbocycles. The zero-order valence-corrected chi connectivity index (χ0v) is 14.6. The van der Waals surface area contributed by atoms with E-state index in [-0.39, 0.29) is 11.8 Å². The van der Waals surface area contributed by atoms with Gasteiger partial charge in [-0.15, -0.1) is 0 Å². The van der Waals surface area contributed by atoms with Crippen molar-refractivity contribution < 1.29 is 9.53 Å². The maximum absolute atomic E-state index is 12.8. The van der Waals surface area contributed by atoms with Crippen molar-refractivity contribution in [2.24, 2.45) is 0 Å². The van der Waals surface area contributed by atoms with E-state index in [1.807, 2.05) is 54.6 Å². The summed E-state index contributed by atoms with van der Waals surface area (Å²) >= 11 is 3.40. The molecule has 0 aliphatic carbocycles. The summed E-state index contributed by atoms with van der Waals surface area (Å²) in [4.78, 5) is 18.6. The highest BCUT2D eigenvalue weighted by Crippen LogP contribution is 2.27. The largest absolute Gasteiger partial charge is 0.438 e. The highest BCUT2D eigenvalue weighted by molar-refractivity contribution is 9.10. The van der Waals surface area contributed by atoms with Gasteiger partial charge in [0.15, 0.2) is 0 Å². The molecule has 3 aromatic rings. The van der Waals surface area contributed by atoms with Crippen LogP contribution in [0.25, 0.3) is 0 Å². The number of amides is 1. The summed E-state index contributed by atoms with van der Waals surface area (Å²) in [6, 6.07) is 20.3. The van der Waals surface area contributed by atoms with Crippen molar-refractivity contribution in [3.05, 3.63) is 83.0 Å². The van der Waals surface area contributed by atoms with Gasteiger partial charge in [-0.05, 0) is 42.5 Å². The second-order valence-corrected chi connectivity index (χ2v) is 6.03. The molecule has 0 radical (unpaired) electrons. The number of hydrogen-bond acceptors (Lipinski definition) is 3. The Morgan fingerprint density at radius 2 is 1.83 bits per heavy atom. The number of benzene rings is 2. The van der Waals surface area contributed by atoms with Gasteiger partial charge in [0.25, 0.3) is 5.91 Å². The van der Waals surface area contributed by atoms with Crippen LogP contribution in [0.3, 0.4) is 0 Å². The van der Waals surface area contributed by atoms with Crippen LogP contribution in [0.1, 0.15) is 10.4 Å². The van der Waals surface area contributed by atoms with E-state index in [1.165, 1.54) is 0 Å². The Balaban J connectivity index is 1.90. The van der Waals surface area contributed by atoms with E-state index in [0.29, 0.717) is 11.3 Å². The molecule has 1 amide bonds. The van der Waals surface area contributed by atoms with Crippen molar-refractivity contribution in [1.29, 1.82) is 0 Å². The Bertz CT molecular complexity index is 853. The molecule has 0 saturated carbocycles. The van der Waals surface area contributed by atoms with Crippen LogP contribution < -0.4 is 9.64 Å². The van der Waals surface area contributed by atoms with Crippen molar-refractivity contribution in [2.45, 2.75) is 0 Å². The molecule has 0 aliphatic rings. The van der Waals surface area contributed by atoms with Gasteiger partial charge in [-0.25, -0.2) is 4.98 Å². The Hall–Kier alpha value is -2.66.